The molecule has 0 rings (SSSR count). The Balaban J connectivity index is -0.000000392. The zero-order chi connectivity index (χ0) is 13.7. The van der Waals surface area contributed by atoms with Gasteiger partial charge in [0.2, 0.25) is 0 Å². The van der Waals surface area contributed by atoms with E-state index in [2.05, 4.69) is 9.05 Å². The standard InChI is InChI=1S/C8H19O4P.C2H4O2.Mg/c1-3-5-7-11-13(9,10)12-8-6-4-2;1-2(3)4;/h3-8H2,1-2H3,(H,9,10);1H3,(H,3,4);/q;;+2/p-2. The molecular weight excluding hydrogens is 271 g/mol. The second kappa shape index (κ2) is 15.4. The van der Waals surface area contributed by atoms with E-state index < -0.39 is 13.8 Å². The van der Waals surface area contributed by atoms with Gasteiger partial charge in [-0.25, -0.2) is 0 Å². The molecule has 0 bridgehead atoms. The maximum Gasteiger partial charge on any atom is 2.00 e. The van der Waals surface area contributed by atoms with Crippen molar-refractivity contribution in [2.24, 2.45) is 0 Å². The molecule has 0 aliphatic rings. The second-order valence-corrected chi connectivity index (χ2v) is 4.72. The van der Waals surface area contributed by atoms with Crippen molar-refractivity contribution in [3.05, 3.63) is 0 Å². The van der Waals surface area contributed by atoms with E-state index in [1.54, 1.807) is 0 Å². The van der Waals surface area contributed by atoms with Gasteiger partial charge >= 0.3 is 23.1 Å². The van der Waals surface area contributed by atoms with Crippen LogP contribution in [-0.2, 0) is 18.4 Å². The molecule has 0 saturated carbocycles. The Morgan fingerprint density at radius 2 is 1.39 bits per heavy atom. The Labute approximate surface area is 125 Å². The summed E-state index contributed by atoms with van der Waals surface area (Å²) in [5, 5.41) is 8.89. The molecule has 8 heteroatoms. The van der Waals surface area contributed by atoms with Crippen molar-refractivity contribution >= 4 is 36.8 Å². The van der Waals surface area contributed by atoms with E-state index in [9.17, 15) is 9.46 Å². The summed E-state index contributed by atoms with van der Waals surface area (Å²) in [7, 11) is -4.00. The Bertz CT molecular complexity index is 218. The van der Waals surface area contributed by atoms with Gasteiger partial charge in [-0.2, -0.15) is 0 Å². The van der Waals surface area contributed by atoms with Gasteiger partial charge in [-0.15, -0.1) is 0 Å². The quantitative estimate of drug-likeness (QED) is 0.366. The van der Waals surface area contributed by atoms with Gasteiger partial charge in [0.25, 0.3) is 7.82 Å². The zero-order valence-electron chi connectivity index (χ0n) is 11.3. The van der Waals surface area contributed by atoms with Crippen LogP contribution in [0.3, 0.4) is 0 Å². The van der Waals surface area contributed by atoms with E-state index in [1.807, 2.05) is 13.8 Å². The van der Waals surface area contributed by atoms with Crippen molar-refractivity contribution in [1.82, 2.24) is 0 Å². The first-order valence-corrected chi connectivity index (χ1v) is 7.09. The van der Waals surface area contributed by atoms with Crippen LogP contribution < -0.4 is 10.00 Å². The maximum atomic E-state index is 11.0. The van der Waals surface area contributed by atoms with Gasteiger partial charge in [-0.1, -0.05) is 26.7 Å². The predicted octanol–water partition coefficient (Wildman–Crippen LogP) is 0.464. The van der Waals surface area contributed by atoms with Crippen LogP contribution in [0.2, 0.25) is 0 Å². The predicted molar refractivity (Wildman–Crippen MR) is 65.8 cm³/mol. The maximum absolute atomic E-state index is 11.0. The van der Waals surface area contributed by atoms with Gasteiger partial charge in [0.05, 0.1) is 13.2 Å². The average molecular weight is 293 g/mol. The van der Waals surface area contributed by atoms with Gasteiger partial charge < -0.3 is 23.8 Å². The summed E-state index contributed by atoms with van der Waals surface area (Å²) in [5.74, 6) is -1.08. The zero-order valence-corrected chi connectivity index (χ0v) is 13.7. The largest absolute Gasteiger partial charge is 2.00 e. The van der Waals surface area contributed by atoms with Crippen molar-refractivity contribution in [3.63, 3.8) is 0 Å². The number of carboxylic acid groups (broad SMARTS) is 1. The van der Waals surface area contributed by atoms with Crippen LogP contribution in [-0.4, -0.2) is 42.2 Å². The minimum Gasteiger partial charge on any atom is -0.756 e. The third-order valence-corrected chi connectivity index (χ3v) is 2.49. The number of unbranched alkanes of at least 4 members (excludes halogenated alkanes) is 2. The van der Waals surface area contributed by atoms with E-state index in [0.717, 1.165) is 32.6 Å². The molecule has 0 aromatic rings. The fourth-order valence-corrected chi connectivity index (χ4v) is 1.46. The average Bonchev–Trinajstić information content (AvgIpc) is 2.17. The van der Waals surface area contributed by atoms with Crippen LogP contribution >= 0.6 is 7.82 Å². The van der Waals surface area contributed by atoms with E-state index in [4.69, 9.17) is 9.90 Å². The first kappa shape index (κ1) is 23.4. The van der Waals surface area contributed by atoms with Gasteiger partial charge in [0.1, 0.15) is 0 Å². The molecule has 0 amide bonds. The van der Waals surface area contributed by atoms with Crippen molar-refractivity contribution in [3.8, 4) is 0 Å². The van der Waals surface area contributed by atoms with Crippen molar-refractivity contribution in [1.29, 1.82) is 0 Å². The molecule has 0 aromatic heterocycles. The summed E-state index contributed by atoms with van der Waals surface area (Å²) < 4.78 is 20.2. The number of carboxylic acids is 1. The summed E-state index contributed by atoms with van der Waals surface area (Å²) in [6.45, 7) is 5.36. The Hall–Kier alpha value is 0.346. The second-order valence-electron chi connectivity index (χ2n) is 3.31. The first-order chi connectivity index (χ1) is 7.85. The minimum absolute atomic E-state index is 0. The van der Waals surface area contributed by atoms with Gasteiger partial charge in [-0.3, -0.25) is 4.57 Å². The van der Waals surface area contributed by atoms with Crippen molar-refractivity contribution < 1.29 is 28.4 Å². The SMILES string of the molecule is CC(=O)[O-].CCCCOP(=O)([O-])OCCCC.[Mg+2]. The smallest absolute Gasteiger partial charge is 0.756 e. The number of carbonyl (C=O) groups excluding carboxylic acids is 1. The minimum atomic E-state index is -4.00. The summed E-state index contributed by atoms with van der Waals surface area (Å²) in [5.41, 5.74) is 0. The number of hydrogen-bond acceptors (Lipinski definition) is 6. The molecule has 0 saturated heterocycles. The molecule has 0 radical (unpaired) electrons. The topological polar surface area (TPSA) is 98.7 Å². The number of carbonyl (C=O) groups is 1. The number of hydrogen-bond donors (Lipinski definition) is 0. The van der Waals surface area contributed by atoms with Gasteiger partial charge in [0.15, 0.2) is 0 Å². The van der Waals surface area contributed by atoms with Crippen LogP contribution in [0.5, 0.6) is 0 Å². The third kappa shape index (κ3) is 25.3. The molecule has 0 fully saturated rings. The monoisotopic (exact) mass is 292 g/mol. The van der Waals surface area contributed by atoms with E-state index in [1.165, 1.54) is 0 Å². The summed E-state index contributed by atoms with van der Waals surface area (Å²) in [6, 6.07) is 0. The molecule has 104 valence electrons. The number of aliphatic carboxylic acids is 1. The Morgan fingerprint density at radius 1 is 1.11 bits per heavy atom. The molecule has 0 heterocycles. The Kier molecular flexibility index (Phi) is 20.1. The van der Waals surface area contributed by atoms with Crippen molar-refractivity contribution in [2.75, 3.05) is 13.2 Å². The fourth-order valence-electron chi connectivity index (χ4n) is 0.679. The summed E-state index contributed by atoms with van der Waals surface area (Å²) in [4.78, 5) is 19.9. The molecule has 0 unspecified atom stereocenters. The van der Waals surface area contributed by atoms with Crippen LogP contribution in [0.15, 0.2) is 0 Å². The molecule has 0 atom stereocenters. The Morgan fingerprint density at radius 3 is 1.61 bits per heavy atom. The van der Waals surface area contributed by atoms with Crippen LogP contribution in [0.1, 0.15) is 46.5 Å². The molecule has 18 heavy (non-hydrogen) atoms. The number of phosphoric acid groups is 1. The normalized spacial score (nSPS) is 10.0. The number of rotatable bonds is 8. The molecule has 0 aromatic carbocycles. The fraction of sp³-hybridized carbons (Fsp3) is 0.900. The summed E-state index contributed by atoms with van der Waals surface area (Å²) >= 11 is 0. The molecule has 0 aliphatic carbocycles. The van der Waals surface area contributed by atoms with E-state index >= 15 is 0 Å². The van der Waals surface area contributed by atoms with Crippen molar-refractivity contribution in [2.45, 2.75) is 46.5 Å². The van der Waals surface area contributed by atoms with Gasteiger partial charge in [-0.05, 0) is 19.8 Å². The van der Waals surface area contributed by atoms with Gasteiger partial charge in [0, 0.05) is 5.97 Å². The van der Waals surface area contributed by atoms with E-state index in [-0.39, 0.29) is 36.3 Å². The molecule has 0 aliphatic heterocycles. The molecule has 6 nitrogen and oxygen atoms in total. The van der Waals surface area contributed by atoms with Crippen LogP contribution in [0, 0.1) is 0 Å². The van der Waals surface area contributed by atoms with Crippen LogP contribution in [0.25, 0.3) is 0 Å². The third-order valence-electron chi connectivity index (χ3n) is 1.49. The number of phosphoric ester groups is 1. The molecular formula is C10H21MgO6P. The van der Waals surface area contributed by atoms with E-state index in [0.29, 0.717) is 0 Å². The summed E-state index contributed by atoms with van der Waals surface area (Å²) in [6.07, 6.45) is 3.30. The molecule has 0 spiro atoms. The first-order valence-electron chi connectivity index (χ1n) is 5.63. The van der Waals surface area contributed by atoms with Crippen LogP contribution in [0.4, 0.5) is 0 Å². The molecule has 0 N–H and O–H groups in total.